The minimum atomic E-state index is -2.70. The molecule has 3 rings (SSSR count). The van der Waals surface area contributed by atoms with Gasteiger partial charge < -0.3 is 5.32 Å². The lowest BCUT2D eigenvalue weighted by molar-refractivity contribution is -0.119. The first kappa shape index (κ1) is 21.7. The Balaban J connectivity index is 1.73. The van der Waals surface area contributed by atoms with E-state index in [1.54, 1.807) is 36.9 Å². The van der Waals surface area contributed by atoms with Crippen molar-refractivity contribution >= 4 is 50.9 Å². The predicted molar refractivity (Wildman–Crippen MR) is 111 cm³/mol. The Morgan fingerprint density at radius 1 is 1.24 bits per heavy atom. The van der Waals surface area contributed by atoms with Crippen LogP contribution in [0, 0.1) is 6.92 Å². The van der Waals surface area contributed by atoms with Gasteiger partial charge in [-0.3, -0.25) is 14.2 Å². The van der Waals surface area contributed by atoms with Crippen LogP contribution in [0.1, 0.15) is 36.3 Å². The van der Waals surface area contributed by atoms with E-state index in [0.717, 1.165) is 5.56 Å². The summed E-state index contributed by atoms with van der Waals surface area (Å²) in [5.74, 6) is -0.127. The quantitative estimate of drug-likeness (QED) is 0.470. The number of anilines is 1. The highest BCUT2D eigenvalue weighted by molar-refractivity contribution is 9.10. The summed E-state index contributed by atoms with van der Waals surface area (Å²) in [6.07, 6.45) is -0.993. The molecule has 1 atom stereocenters. The number of amides is 1. The van der Waals surface area contributed by atoms with Crippen molar-refractivity contribution < 1.29 is 13.6 Å². The van der Waals surface area contributed by atoms with Gasteiger partial charge in [0.1, 0.15) is 11.7 Å². The van der Waals surface area contributed by atoms with Crippen LogP contribution in [-0.2, 0) is 11.3 Å². The van der Waals surface area contributed by atoms with Crippen molar-refractivity contribution in [1.82, 2.24) is 19.6 Å². The molecule has 2 aromatic heterocycles. The summed E-state index contributed by atoms with van der Waals surface area (Å²) >= 11 is 15.3. The lowest BCUT2D eigenvalue weighted by Crippen LogP contribution is -2.25. The standard InChI is InChI=1S/C18H16BrCl2F2N5O/c1-9-5-15(16(22)23)25-28(9)10(2)18(29)24-17-12(19)8-27(26-17)7-11-3-4-13(20)14(21)6-11/h3-6,8,10,16H,7H2,1-2H3,(H,24,26,29). The van der Waals surface area contributed by atoms with Gasteiger partial charge in [-0.2, -0.15) is 10.2 Å². The Hall–Kier alpha value is -1.97. The van der Waals surface area contributed by atoms with Crippen molar-refractivity contribution in [2.75, 3.05) is 5.32 Å². The molecule has 154 valence electrons. The average Bonchev–Trinajstić information content (AvgIpc) is 3.20. The van der Waals surface area contributed by atoms with Gasteiger partial charge in [0.05, 0.1) is 21.1 Å². The lowest BCUT2D eigenvalue weighted by Gasteiger charge is -2.13. The van der Waals surface area contributed by atoms with E-state index in [0.29, 0.717) is 32.6 Å². The van der Waals surface area contributed by atoms with E-state index in [2.05, 4.69) is 31.4 Å². The molecule has 6 nitrogen and oxygen atoms in total. The first-order valence-electron chi connectivity index (χ1n) is 8.47. The van der Waals surface area contributed by atoms with Crippen LogP contribution in [0.4, 0.5) is 14.6 Å². The summed E-state index contributed by atoms with van der Waals surface area (Å²) in [7, 11) is 0. The molecule has 3 aromatic rings. The van der Waals surface area contributed by atoms with E-state index in [4.69, 9.17) is 23.2 Å². The normalized spacial score (nSPS) is 12.4. The maximum Gasteiger partial charge on any atom is 0.282 e. The molecule has 0 spiro atoms. The molecule has 0 aliphatic heterocycles. The minimum Gasteiger partial charge on any atom is -0.306 e. The number of carbonyl (C=O) groups is 1. The monoisotopic (exact) mass is 505 g/mol. The van der Waals surface area contributed by atoms with Crippen molar-refractivity contribution in [3.05, 3.63) is 61.9 Å². The zero-order valence-corrected chi connectivity index (χ0v) is 18.4. The summed E-state index contributed by atoms with van der Waals surface area (Å²) in [4.78, 5) is 12.6. The Bertz CT molecular complexity index is 1050. The second-order valence-electron chi connectivity index (χ2n) is 6.39. The molecule has 11 heteroatoms. The number of hydrogen-bond acceptors (Lipinski definition) is 3. The van der Waals surface area contributed by atoms with Crippen LogP contribution in [-0.4, -0.2) is 25.5 Å². The number of rotatable bonds is 6. The van der Waals surface area contributed by atoms with Crippen LogP contribution in [0.15, 0.2) is 34.9 Å². The highest BCUT2D eigenvalue weighted by Gasteiger charge is 2.22. The molecule has 0 fully saturated rings. The molecule has 1 aromatic carbocycles. The van der Waals surface area contributed by atoms with Crippen molar-refractivity contribution in [1.29, 1.82) is 0 Å². The van der Waals surface area contributed by atoms with Gasteiger partial charge in [-0.25, -0.2) is 8.78 Å². The molecule has 1 amide bonds. The van der Waals surface area contributed by atoms with E-state index in [9.17, 15) is 13.6 Å². The molecular formula is C18H16BrCl2F2N5O. The number of aromatic nitrogens is 4. The van der Waals surface area contributed by atoms with Crippen molar-refractivity contribution in [2.24, 2.45) is 0 Å². The third-order valence-corrected chi connectivity index (χ3v) is 5.52. The Morgan fingerprint density at radius 3 is 2.59 bits per heavy atom. The van der Waals surface area contributed by atoms with Gasteiger partial charge in [0, 0.05) is 11.9 Å². The third-order valence-electron chi connectivity index (χ3n) is 4.20. The molecule has 0 aliphatic rings. The van der Waals surface area contributed by atoms with Crippen molar-refractivity contribution in [3.8, 4) is 0 Å². The van der Waals surface area contributed by atoms with Crippen LogP contribution >= 0.6 is 39.1 Å². The van der Waals surface area contributed by atoms with E-state index in [-0.39, 0.29) is 5.69 Å². The molecule has 1 unspecified atom stereocenters. The highest BCUT2D eigenvalue weighted by Crippen LogP contribution is 2.26. The van der Waals surface area contributed by atoms with Gasteiger partial charge in [0.15, 0.2) is 5.82 Å². The smallest absolute Gasteiger partial charge is 0.282 e. The van der Waals surface area contributed by atoms with Crippen LogP contribution in [0.3, 0.4) is 0 Å². The highest BCUT2D eigenvalue weighted by atomic mass is 79.9. The summed E-state index contributed by atoms with van der Waals surface area (Å²) in [6.45, 7) is 3.60. The molecule has 2 heterocycles. The van der Waals surface area contributed by atoms with E-state index >= 15 is 0 Å². The fraction of sp³-hybridized carbons (Fsp3) is 0.278. The maximum absolute atomic E-state index is 12.8. The summed E-state index contributed by atoms with van der Waals surface area (Å²) in [5.41, 5.74) is 0.980. The first-order chi connectivity index (χ1) is 13.7. The van der Waals surface area contributed by atoms with Crippen LogP contribution in [0.5, 0.6) is 0 Å². The maximum atomic E-state index is 12.8. The number of alkyl halides is 2. The molecule has 1 N–H and O–H groups in total. The fourth-order valence-corrected chi connectivity index (χ4v) is 3.47. The summed E-state index contributed by atoms with van der Waals surface area (Å²) in [6, 6.07) is 5.72. The van der Waals surface area contributed by atoms with Gasteiger partial charge in [-0.15, -0.1) is 0 Å². The van der Waals surface area contributed by atoms with Crippen LogP contribution in [0.25, 0.3) is 0 Å². The second kappa shape index (κ2) is 8.81. The molecule has 0 bridgehead atoms. The Morgan fingerprint density at radius 2 is 1.97 bits per heavy atom. The van der Waals surface area contributed by atoms with Gasteiger partial charge in [0.25, 0.3) is 6.43 Å². The molecule has 0 aliphatic carbocycles. The zero-order chi connectivity index (χ0) is 21.3. The van der Waals surface area contributed by atoms with Gasteiger partial charge in [-0.05, 0) is 53.5 Å². The molecule has 0 radical (unpaired) electrons. The number of aryl methyl sites for hydroxylation is 1. The summed E-state index contributed by atoms with van der Waals surface area (Å²) in [5, 5.41) is 11.7. The van der Waals surface area contributed by atoms with Gasteiger partial charge in [0.2, 0.25) is 5.91 Å². The molecule has 0 saturated carbocycles. The first-order valence-corrected chi connectivity index (χ1v) is 10.0. The average molecular weight is 507 g/mol. The van der Waals surface area contributed by atoms with E-state index in [1.807, 2.05) is 6.07 Å². The number of nitrogens with zero attached hydrogens (tertiary/aromatic N) is 4. The number of halogens is 5. The largest absolute Gasteiger partial charge is 0.306 e. The van der Waals surface area contributed by atoms with Crippen LogP contribution in [0.2, 0.25) is 10.0 Å². The zero-order valence-electron chi connectivity index (χ0n) is 15.3. The topological polar surface area (TPSA) is 64.7 Å². The number of benzene rings is 1. The Kier molecular flexibility index (Phi) is 6.60. The SMILES string of the molecule is Cc1cc(C(F)F)nn1C(C)C(=O)Nc1nn(Cc2ccc(Cl)c(Cl)c2)cc1Br. The number of hydrogen-bond donors (Lipinski definition) is 1. The van der Waals surface area contributed by atoms with Gasteiger partial charge in [-0.1, -0.05) is 29.3 Å². The van der Waals surface area contributed by atoms with Crippen molar-refractivity contribution in [2.45, 2.75) is 32.9 Å². The minimum absolute atomic E-state index is 0.306. The van der Waals surface area contributed by atoms with E-state index < -0.39 is 18.4 Å². The predicted octanol–water partition coefficient (Wildman–Crippen LogP) is 5.64. The molecule has 0 saturated heterocycles. The molecular weight excluding hydrogens is 491 g/mol. The van der Waals surface area contributed by atoms with Crippen LogP contribution < -0.4 is 5.32 Å². The number of nitrogens with one attached hydrogen (secondary N) is 1. The summed E-state index contributed by atoms with van der Waals surface area (Å²) < 4.78 is 29.1. The number of carbonyl (C=O) groups excluding carboxylic acids is 1. The lowest BCUT2D eigenvalue weighted by atomic mass is 10.2. The van der Waals surface area contributed by atoms with Gasteiger partial charge >= 0.3 is 0 Å². The third kappa shape index (κ3) is 4.96. The fourth-order valence-electron chi connectivity index (χ4n) is 2.73. The second-order valence-corrected chi connectivity index (χ2v) is 8.06. The van der Waals surface area contributed by atoms with Crippen molar-refractivity contribution in [3.63, 3.8) is 0 Å². The van der Waals surface area contributed by atoms with E-state index in [1.165, 1.54) is 10.7 Å². The Labute approximate surface area is 183 Å². The molecule has 29 heavy (non-hydrogen) atoms.